The SMILES string of the molecule is O[C@@H]1CN(CCc2cccnc2)CC[C@H]1c1ccccc1. The second-order valence-corrected chi connectivity index (χ2v) is 5.79. The van der Waals surface area contributed by atoms with Crippen LogP contribution in [-0.4, -0.2) is 40.7 Å². The predicted molar refractivity (Wildman–Crippen MR) is 84.2 cm³/mol. The lowest BCUT2D eigenvalue weighted by Gasteiger charge is -2.36. The molecule has 3 rings (SSSR count). The molecule has 1 aromatic carbocycles. The van der Waals surface area contributed by atoms with Gasteiger partial charge in [-0.1, -0.05) is 36.4 Å². The monoisotopic (exact) mass is 282 g/mol. The number of aliphatic hydroxyl groups excluding tert-OH is 1. The molecular weight excluding hydrogens is 260 g/mol. The van der Waals surface area contributed by atoms with E-state index >= 15 is 0 Å². The minimum absolute atomic E-state index is 0.268. The highest BCUT2D eigenvalue weighted by molar-refractivity contribution is 5.21. The average molecular weight is 282 g/mol. The number of β-amino-alcohol motifs (C(OH)–C–C–N with tert-alkyl or cyclic N) is 1. The Bertz CT molecular complexity index is 544. The first-order valence-electron chi connectivity index (χ1n) is 7.67. The van der Waals surface area contributed by atoms with E-state index in [0.717, 1.165) is 32.5 Å². The smallest absolute Gasteiger partial charge is 0.0735 e. The standard InChI is InChI=1S/C18H22N2O/c21-18-14-20(11-8-15-5-4-10-19-13-15)12-9-17(18)16-6-2-1-3-7-16/h1-7,10,13,17-18,21H,8-9,11-12,14H2/t17-,18+/m0/s1. The van der Waals surface area contributed by atoms with E-state index in [0.29, 0.717) is 0 Å². The second kappa shape index (κ2) is 6.83. The summed E-state index contributed by atoms with van der Waals surface area (Å²) in [6.45, 7) is 2.81. The molecule has 0 bridgehead atoms. The maximum Gasteiger partial charge on any atom is 0.0735 e. The molecule has 2 aromatic rings. The highest BCUT2D eigenvalue weighted by Crippen LogP contribution is 2.28. The molecule has 110 valence electrons. The van der Waals surface area contributed by atoms with Crippen LogP contribution in [0.3, 0.4) is 0 Å². The number of hydrogen-bond donors (Lipinski definition) is 1. The Kier molecular flexibility index (Phi) is 4.63. The quantitative estimate of drug-likeness (QED) is 0.936. The van der Waals surface area contributed by atoms with Gasteiger partial charge in [-0.05, 0) is 36.6 Å². The topological polar surface area (TPSA) is 36.4 Å². The van der Waals surface area contributed by atoms with Crippen LogP contribution in [-0.2, 0) is 6.42 Å². The molecule has 0 aliphatic carbocycles. The minimum Gasteiger partial charge on any atom is -0.391 e. The first kappa shape index (κ1) is 14.2. The number of rotatable bonds is 4. The van der Waals surface area contributed by atoms with Gasteiger partial charge in [0.1, 0.15) is 0 Å². The molecule has 2 heterocycles. The summed E-state index contributed by atoms with van der Waals surface area (Å²) in [5, 5.41) is 10.4. The first-order valence-corrected chi connectivity index (χ1v) is 7.67. The molecule has 0 unspecified atom stereocenters. The van der Waals surface area contributed by atoms with Crippen LogP contribution in [0.1, 0.15) is 23.5 Å². The number of benzene rings is 1. The molecule has 0 spiro atoms. The molecule has 1 aliphatic heterocycles. The van der Waals surface area contributed by atoms with E-state index in [1.165, 1.54) is 11.1 Å². The Morgan fingerprint density at radius 3 is 2.71 bits per heavy atom. The Labute approximate surface area is 126 Å². The molecule has 3 nitrogen and oxygen atoms in total. The Morgan fingerprint density at radius 2 is 2.00 bits per heavy atom. The van der Waals surface area contributed by atoms with Crippen molar-refractivity contribution in [3.8, 4) is 0 Å². The number of pyridine rings is 1. The molecule has 1 aromatic heterocycles. The van der Waals surface area contributed by atoms with E-state index in [9.17, 15) is 5.11 Å². The number of nitrogens with zero attached hydrogens (tertiary/aromatic N) is 2. The van der Waals surface area contributed by atoms with E-state index in [-0.39, 0.29) is 12.0 Å². The van der Waals surface area contributed by atoms with Crippen molar-refractivity contribution in [2.75, 3.05) is 19.6 Å². The fraction of sp³-hybridized carbons (Fsp3) is 0.389. The van der Waals surface area contributed by atoms with Crippen molar-refractivity contribution in [2.45, 2.75) is 24.9 Å². The first-order chi connectivity index (χ1) is 10.3. The third-order valence-corrected chi connectivity index (χ3v) is 4.33. The number of piperidine rings is 1. The molecule has 1 saturated heterocycles. The highest BCUT2D eigenvalue weighted by Gasteiger charge is 2.28. The van der Waals surface area contributed by atoms with Gasteiger partial charge in [0, 0.05) is 31.4 Å². The normalized spacial score (nSPS) is 23.1. The molecule has 0 amide bonds. The van der Waals surface area contributed by atoms with Crippen molar-refractivity contribution in [2.24, 2.45) is 0 Å². The summed E-state index contributed by atoms with van der Waals surface area (Å²) in [6, 6.07) is 14.5. The summed E-state index contributed by atoms with van der Waals surface area (Å²) in [6.07, 6.45) is 5.48. The van der Waals surface area contributed by atoms with Gasteiger partial charge < -0.3 is 10.0 Å². The molecular formula is C18H22N2O. The number of hydrogen-bond acceptors (Lipinski definition) is 3. The van der Waals surface area contributed by atoms with Gasteiger partial charge in [-0.25, -0.2) is 0 Å². The second-order valence-electron chi connectivity index (χ2n) is 5.79. The van der Waals surface area contributed by atoms with Crippen LogP contribution < -0.4 is 0 Å². The third kappa shape index (κ3) is 3.69. The maximum atomic E-state index is 10.4. The summed E-state index contributed by atoms with van der Waals surface area (Å²) in [5.41, 5.74) is 2.52. The average Bonchev–Trinajstić information content (AvgIpc) is 2.55. The van der Waals surface area contributed by atoms with Gasteiger partial charge >= 0.3 is 0 Å². The van der Waals surface area contributed by atoms with Gasteiger partial charge in [0.15, 0.2) is 0 Å². The zero-order chi connectivity index (χ0) is 14.5. The molecule has 1 N–H and O–H groups in total. The van der Waals surface area contributed by atoms with Crippen molar-refractivity contribution in [3.63, 3.8) is 0 Å². The summed E-state index contributed by atoms with van der Waals surface area (Å²) >= 11 is 0. The van der Waals surface area contributed by atoms with Crippen LogP contribution in [0.5, 0.6) is 0 Å². The lowest BCUT2D eigenvalue weighted by atomic mass is 9.87. The van der Waals surface area contributed by atoms with Gasteiger partial charge in [-0.2, -0.15) is 0 Å². The molecule has 0 saturated carbocycles. The van der Waals surface area contributed by atoms with Gasteiger partial charge in [-0.3, -0.25) is 4.98 Å². The summed E-state index contributed by atoms with van der Waals surface area (Å²) in [4.78, 5) is 6.51. The van der Waals surface area contributed by atoms with Crippen LogP contribution in [0.4, 0.5) is 0 Å². The third-order valence-electron chi connectivity index (χ3n) is 4.33. The highest BCUT2D eigenvalue weighted by atomic mass is 16.3. The van der Waals surface area contributed by atoms with Crippen LogP contribution in [0, 0.1) is 0 Å². The molecule has 2 atom stereocenters. The number of aromatic nitrogens is 1. The summed E-state index contributed by atoms with van der Waals surface area (Å²) < 4.78 is 0. The number of likely N-dealkylation sites (tertiary alicyclic amines) is 1. The lowest BCUT2D eigenvalue weighted by molar-refractivity contribution is 0.0519. The molecule has 21 heavy (non-hydrogen) atoms. The minimum atomic E-state index is -0.268. The van der Waals surface area contributed by atoms with E-state index in [1.54, 1.807) is 6.20 Å². The fourth-order valence-corrected chi connectivity index (χ4v) is 3.12. The van der Waals surface area contributed by atoms with Gasteiger partial charge in [0.05, 0.1) is 6.10 Å². The van der Waals surface area contributed by atoms with Crippen molar-refractivity contribution in [1.82, 2.24) is 9.88 Å². The summed E-state index contributed by atoms with van der Waals surface area (Å²) in [5.74, 6) is 0.279. The maximum absolute atomic E-state index is 10.4. The largest absolute Gasteiger partial charge is 0.391 e. The Hall–Kier alpha value is -1.71. The van der Waals surface area contributed by atoms with Gasteiger partial charge in [-0.15, -0.1) is 0 Å². The van der Waals surface area contributed by atoms with Crippen molar-refractivity contribution < 1.29 is 5.11 Å². The van der Waals surface area contributed by atoms with Crippen LogP contribution in [0.2, 0.25) is 0 Å². The molecule has 1 aliphatic rings. The van der Waals surface area contributed by atoms with Gasteiger partial charge in [0.2, 0.25) is 0 Å². The van der Waals surface area contributed by atoms with Crippen molar-refractivity contribution in [3.05, 3.63) is 66.0 Å². The lowest BCUT2D eigenvalue weighted by Crippen LogP contribution is -2.43. The molecule has 3 heteroatoms. The van der Waals surface area contributed by atoms with Crippen molar-refractivity contribution in [1.29, 1.82) is 0 Å². The van der Waals surface area contributed by atoms with Crippen molar-refractivity contribution >= 4 is 0 Å². The van der Waals surface area contributed by atoms with E-state index in [1.807, 2.05) is 18.3 Å². The van der Waals surface area contributed by atoms with Crippen LogP contribution >= 0.6 is 0 Å². The fourth-order valence-electron chi connectivity index (χ4n) is 3.12. The van der Waals surface area contributed by atoms with E-state index in [4.69, 9.17) is 0 Å². The molecule has 1 fully saturated rings. The summed E-state index contributed by atoms with van der Waals surface area (Å²) in [7, 11) is 0. The van der Waals surface area contributed by atoms with E-state index < -0.39 is 0 Å². The predicted octanol–water partition coefficient (Wildman–Crippen LogP) is 2.47. The Balaban J connectivity index is 1.54. The zero-order valence-electron chi connectivity index (χ0n) is 12.2. The molecule has 0 radical (unpaired) electrons. The Morgan fingerprint density at radius 1 is 1.14 bits per heavy atom. The number of aliphatic hydroxyl groups is 1. The van der Waals surface area contributed by atoms with Crippen LogP contribution in [0.25, 0.3) is 0 Å². The van der Waals surface area contributed by atoms with Crippen LogP contribution in [0.15, 0.2) is 54.9 Å². The zero-order valence-corrected chi connectivity index (χ0v) is 12.2. The van der Waals surface area contributed by atoms with Gasteiger partial charge in [0.25, 0.3) is 0 Å². The van der Waals surface area contributed by atoms with E-state index in [2.05, 4.69) is 40.2 Å².